The Kier molecular flexibility index (Phi) is 2.52. The highest BCUT2D eigenvalue weighted by atomic mass is 28.1. The van der Waals surface area contributed by atoms with Crippen LogP contribution in [0.2, 0.25) is 0 Å². The van der Waals surface area contributed by atoms with E-state index in [0.717, 1.165) is 16.3 Å². The van der Waals surface area contributed by atoms with Gasteiger partial charge in [0.05, 0.1) is 16.4 Å². The molecular formula is C14H11N2OSi. The standard InChI is InChI=1S/C14H11N2OSi/c1-2-16-13(17)11-7-9-5-3-4-6-10(9)8-12(11)15-14(16)18/h3-8H,2H2,1H3. The van der Waals surface area contributed by atoms with E-state index in [2.05, 4.69) is 15.2 Å². The fraction of sp³-hybridized carbons (Fsp3) is 0.143. The van der Waals surface area contributed by atoms with Crippen LogP contribution in [0.25, 0.3) is 21.7 Å². The van der Waals surface area contributed by atoms with Crippen molar-refractivity contribution < 1.29 is 0 Å². The predicted octanol–water partition coefficient (Wildman–Crippen LogP) is 1.36. The molecule has 0 aliphatic rings. The van der Waals surface area contributed by atoms with Gasteiger partial charge in [-0.25, -0.2) is 4.98 Å². The minimum atomic E-state index is -0.00162. The molecule has 0 atom stereocenters. The highest BCUT2D eigenvalue weighted by molar-refractivity contribution is 6.29. The van der Waals surface area contributed by atoms with Gasteiger partial charge in [-0.1, -0.05) is 24.3 Å². The van der Waals surface area contributed by atoms with E-state index in [0.29, 0.717) is 17.4 Å². The number of hydrogen-bond acceptors (Lipinski definition) is 2. The van der Waals surface area contributed by atoms with Crippen molar-refractivity contribution in [2.75, 3.05) is 0 Å². The Balaban J connectivity index is 2.51. The third-order valence-electron chi connectivity index (χ3n) is 3.14. The molecule has 87 valence electrons. The van der Waals surface area contributed by atoms with E-state index >= 15 is 0 Å². The molecule has 0 bridgehead atoms. The molecule has 0 unspecified atom stereocenters. The van der Waals surface area contributed by atoms with Crippen LogP contribution >= 0.6 is 0 Å². The summed E-state index contributed by atoms with van der Waals surface area (Å²) in [5.74, 6) is 0. The van der Waals surface area contributed by atoms with Crippen molar-refractivity contribution in [3.05, 3.63) is 46.8 Å². The summed E-state index contributed by atoms with van der Waals surface area (Å²) >= 11 is 0. The van der Waals surface area contributed by atoms with Crippen LogP contribution < -0.4 is 11.0 Å². The fourth-order valence-electron chi connectivity index (χ4n) is 2.20. The van der Waals surface area contributed by atoms with Crippen molar-refractivity contribution in [3.8, 4) is 0 Å². The lowest BCUT2D eigenvalue weighted by molar-refractivity contribution is 0.744. The Morgan fingerprint density at radius 1 is 1.22 bits per heavy atom. The van der Waals surface area contributed by atoms with E-state index in [9.17, 15) is 4.79 Å². The lowest BCUT2D eigenvalue weighted by Crippen LogP contribution is -2.35. The van der Waals surface area contributed by atoms with Crippen LogP contribution in [0.4, 0.5) is 0 Å². The first kappa shape index (κ1) is 11.2. The van der Waals surface area contributed by atoms with Gasteiger partial charge in [-0.15, -0.1) is 0 Å². The molecule has 1 heterocycles. The van der Waals surface area contributed by atoms with Gasteiger partial charge in [0.15, 0.2) is 0 Å². The molecule has 0 aliphatic carbocycles. The summed E-state index contributed by atoms with van der Waals surface area (Å²) in [5.41, 5.74) is 1.30. The summed E-state index contributed by atoms with van der Waals surface area (Å²) < 4.78 is 1.62. The van der Waals surface area contributed by atoms with Crippen molar-refractivity contribution in [1.29, 1.82) is 0 Å². The number of rotatable bonds is 1. The fourth-order valence-corrected chi connectivity index (χ4v) is 2.58. The summed E-state index contributed by atoms with van der Waals surface area (Å²) in [6, 6.07) is 11.9. The van der Waals surface area contributed by atoms with Crippen molar-refractivity contribution in [1.82, 2.24) is 9.55 Å². The maximum atomic E-state index is 12.3. The molecule has 3 aromatic rings. The van der Waals surface area contributed by atoms with Crippen molar-refractivity contribution in [2.45, 2.75) is 13.5 Å². The molecule has 0 N–H and O–H groups in total. The summed E-state index contributed by atoms with van der Waals surface area (Å²) in [7, 11) is 3.40. The second-order valence-corrected chi connectivity index (χ2v) is 4.65. The van der Waals surface area contributed by atoms with E-state index in [1.165, 1.54) is 0 Å². The van der Waals surface area contributed by atoms with Gasteiger partial charge in [0.1, 0.15) is 10.2 Å². The third kappa shape index (κ3) is 1.57. The number of fused-ring (bicyclic) bond motifs is 2. The summed E-state index contributed by atoms with van der Waals surface area (Å²) in [6.45, 7) is 2.53. The molecule has 0 aliphatic heterocycles. The van der Waals surface area contributed by atoms with Crippen LogP contribution in [-0.4, -0.2) is 19.8 Å². The maximum absolute atomic E-state index is 12.3. The van der Waals surface area contributed by atoms with Crippen LogP contribution in [0.1, 0.15) is 6.92 Å². The van der Waals surface area contributed by atoms with E-state index in [1.54, 1.807) is 4.57 Å². The molecule has 4 heteroatoms. The average molecular weight is 251 g/mol. The predicted molar refractivity (Wildman–Crippen MR) is 74.6 cm³/mol. The second-order valence-electron chi connectivity index (χ2n) is 4.20. The Labute approximate surface area is 108 Å². The maximum Gasteiger partial charge on any atom is 0.261 e. The zero-order valence-electron chi connectivity index (χ0n) is 9.97. The minimum absolute atomic E-state index is 0.00162. The highest BCUT2D eigenvalue weighted by Crippen LogP contribution is 2.18. The molecule has 0 spiro atoms. The highest BCUT2D eigenvalue weighted by Gasteiger charge is 2.07. The van der Waals surface area contributed by atoms with Gasteiger partial charge in [0, 0.05) is 6.54 Å². The number of hydrogen-bond donors (Lipinski definition) is 0. The molecule has 2 aromatic carbocycles. The Bertz CT molecular complexity index is 808. The first-order valence-corrected chi connectivity index (χ1v) is 6.35. The van der Waals surface area contributed by atoms with E-state index in [1.807, 2.05) is 43.3 Å². The zero-order valence-corrected chi connectivity index (χ0v) is 11.0. The summed E-state index contributed by atoms with van der Waals surface area (Å²) in [6.07, 6.45) is 0. The molecule has 3 rings (SSSR count). The first-order chi connectivity index (χ1) is 8.70. The van der Waals surface area contributed by atoms with Crippen molar-refractivity contribution >= 4 is 37.4 Å². The van der Waals surface area contributed by atoms with Crippen LogP contribution in [-0.2, 0) is 6.54 Å². The summed E-state index contributed by atoms with van der Waals surface area (Å²) in [5, 5.41) is 2.82. The van der Waals surface area contributed by atoms with Crippen molar-refractivity contribution in [2.24, 2.45) is 0 Å². The van der Waals surface area contributed by atoms with Gasteiger partial charge in [-0.05, 0) is 29.8 Å². The van der Waals surface area contributed by atoms with Crippen LogP contribution in [0.5, 0.6) is 0 Å². The molecule has 18 heavy (non-hydrogen) atoms. The monoisotopic (exact) mass is 251 g/mol. The van der Waals surface area contributed by atoms with Crippen LogP contribution in [0, 0.1) is 0 Å². The van der Waals surface area contributed by atoms with E-state index in [4.69, 9.17) is 0 Å². The molecule has 0 amide bonds. The number of nitrogens with zero attached hydrogens (tertiary/aromatic N) is 2. The zero-order chi connectivity index (χ0) is 12.7. The van der Waals surface area contributed by atoms with Gasteiger partial charge in [0.25, 0.3) is 5.56 Å². The largest absolute Gasteiger partial charge is 0.301 e. The molecule has 3 radical (unpaired) electrons. The molecule has 3 nitrogen and oxygen atoms in total. The topological polar surface area (TPSA) is 34.9 Å². The van der Waals surface area contributed by atoms with Gasteiger partial charge in [-0.2, -0.15) is 0 Å². The molecular weight excluding hydrogens is 240 g/mol. The molecule has 0 saturated carbocycles. The second kappa shape index (κ2) is 4.06. The van der Waals surface area contributed by atoms with Gasteiger partial charge in [0.2, 0.25) is 0 Å². The molecule has 0 fully saturated rings. The molecule has 1 aromatic heterocycles. The SMILES string of the molecule is CCn1c([Si])nc2cc3ccccc3cc2c1=O. The Morgan fingerprint density at radius 3 is 2.56 bits per heavy atom. The third-order valence-corrected chi connectivity index (χ3v) is 3.52. The quantitative estimate of drug-likeness (QED) is 0.483. The Hall–Kier alpha value is -1.94. The lowest BCUT2D eigenvalue weighted by atomic mass is 10.1. The smallest absolute Gasteiger partial charge is 0.261 e. The van der Waals surface area contributed by atoms with Crippen LogP contribution in [0.3, 0.4) is 0 Å². The van der Waals surface area contributed by atoms with E-state index < -0.39 is 0 Å². The van der Waals surface area contributed by atoms with Gasteiger partial charge in [-0.3, -0.25) is 4.79 Å². The normalized spacial score (nSPS) is 11.2. The van der Waals surface area contributed by atoms with Gasteiger partial charge >= 0.3 is 0 Å². The lowest BCUT2D eigenvalue weighted by Gasteiger charge is -2.09. The van der Waals surface area contributed by atoms with E-state index in [-0.39, 0.29) is 5.56 Å². The number of benzene rings is 2. The number of aromatic nitrogens is 2. The minimum Gasteiger partial charge on any atom is -0.301 e. The van der Waals surface area contributed by atoms with Gasteiger partial charge < -0.3 is 4.57 Å². The average Bonchev–Trinajstić information content (AvgIpc) is 2.37. The molecule has 0 saturated heterocycles. The first-order valence-electron chi connectivity index (χ1n) is 5.85. The Morgan fingerprint density at radius 2 is 1.89 bits per heavy atom. The van der Waals surface area contributed by atoms with Crippen LogP contribution in [0.15, 0.2) is 41.2 Å². The summed E-state index contributed by atoms with van der Waals surface area (Å²) in [4.78, 5) is 16.7. The van der Waals surface area contributed by atoms with Crippen molar-refractivity contribution in [3.63, 3.8) is 0 Å².